The fraction of sp³-hybridized carbons (Fsp3) is 0.292. The lowest BCUT2D eigenvalue weighted by molar-refractivity contribution is -0.125. The van der Waals surface area contributed by atoms with Crippen molar-refractivity contribution in [1.82, 2.24) is 14.8 Å². The molecule has 2 aliphatic rings. The van der Waals surface area contributed by atoms with Crippen molar-refractivity contribution in [1.29, 1.82) is 0 Å². The molecule has 1 saturated heterocycles. The van der Waals surface area contributed by atoms with E-state index in [2.05, 4.69) is 10.6 Å². The van der Waals surface area contributed by atoms with Gasteiger partial charge in [-0.1, -0.05) is 23.7 Å². The summed E-state index contributed by atoms with van der Waals surface area (Å²) in [5, 5.41) is 6.10. The molecule has 9 nitrogen and oxygen atoms in total. The van der Waals surface area contributed by atoms with E-state index in [9.17, 15) is 18.8 Å². The molecule has 35 heavy (non-hydrogen) atoms. The molecule has 1 aliphatic carbocycles. The Morgan fingerprint density at radius 1 is 1.23 bits per heavy atom. The summed E-state index contributed by atoms with van der Waals surface area (Å²) in [6.07, 6.45) is 2.79. The summed E-state index contributed by atoms with van der Waals surface area (Å²) in [6.45, 7) is -0.0432. The van der Waals surface area contributed by atoms with E-state index in [1.807, 2.05) is 0 Å². The molecule has 1 aromatic heterocycles. The summed E-state index contributed by atoms with van der Waals surface area (Å²) in [4.78, 5) is 39.7. The number of halogens is 2. The minimum Gasteiger partial charge on any atom is -0.497 e. The number of primary amides is 1. The first kappa shape index (κ1) is 23.0. The third-order valence-corrected chi connectivity index (χ3v) is 6.91. The second-order valence-corrected chi connectivity index (χ2v) is 9.12. The highest BCUT2D eigenvalue weighted by molar-refractivity contribution is 6.30. The number of fused-ring (bicyclic) bond motifs is 2. The van der Waals surface area contributed by atoms with Gasteiger partial charge in [-0.25, -0.2) is 14.0 Å². The summed E-state index contributed by atoms with van der Waals surface area (Å²) >= 11 is 5.82. The molecule has 2 aromatic carbocycles. The van der Waals surface area contributed by atoms with Gasteiger partial charge < -0.3 is 26.0 Å². The van der Waals surface area contributed by atoms with Crippen LogP contribution in [0.3, 0.4) is 0 Å². The van der Waals surface area contributed by atoms with Gasteiger partial charge in [0.15, 0.2) is 0 Å². The number of likely N-dealkylation sites (tertiary alicyclic amines) is 1. The van der Waals surface area contributed by atoms with E-state index in [-0.39, 0.29) is 35.0 Å². The number of hydrogen-bond donors (Lipinski definition) is 3. The lowest BCUT2D eigenvalue weighted by Gasteiger charge is -2.27. The molecule has 2 heterocycles. The van der Waals surface area contributed by atoms with Crippen molar-refractivity contribution in [3.63, 3.8) is 0 Å². The predicted molar refractivity (Wildman–Crippen MR) is 128 cm³/mol. The average Bonchev–Trinajstić information content (AvgIpc) is 3.35. The smallest absolute Gasteiger partial charge is 0.323 e. The summed E-state index contributed by atoms with van der Waals surface area (Å²) in [5.74, 6) is -0.164. The Labute approximate surface area is 204 Å². The standard InChI is InChI=1S/C24H23ClFN5O4/c1-35-14-5-6-18-15(9-14)17(11-30(18)23(27)33)29-24(34)31-19-7-13(19)8-20(31)22(32)28-10-12-3-2-4-16(25)21(12)26/h2-6,9,11,13,19-20H,7-8,10H2,1H3,(H2,27,33)(H,28,32)(H,29,34)/t13-,19?,20+/m1/s1. The van der Waals surface area contributed by atoms with Crippen molar-refractivity contribution in [2.75, 3.05) is 12.4 Å². The summed E-state index contributed by atoms with van der Waals surface area (Å²) in [5.41, 5.74) is 6.63. The van der Waals surface area contributed by atoms with Crippen LogP contribution in [0.4, 0.5) is 19.7 Å². The number of methoxy groups -OCH3 is 1. The molecule has 0 radical (unpaired) electrons. The molecule has 3 aromatic rings. The molecule has 11 heteroatoms. The zero-order valence-corrected chi connectivity index (χ0v) is 19.5. The number of carbonyl (C=O) groups is 3. The van der Waals surface area contributed by atoms with Crippen molar-refractivity contribution in [3.8, 4) is 5.75 Å². The maximum atomic E-state index is 14.2. The number of hydrogen-bond acceptors (Lipinski definition) is 4. The number of anilines is 1. The van der Waals surface area contributed by atoms with Crippen molar-refractivity contribution in [2.45, 2.75) is 31.5 Å². The van der Waals surface area contributed by atoms with E-state index in [0.29, 0.717) is 28.8 Å². The first-order valence-electron chi connectivity index (χ1n) is 11.1. The Balaban J connectivity index is 1.35. The number of carbonyl (C=O) groups excluding carboxylic acids is 3. The fourth-order valence-electron chi connectivity index (χ4n) is 4.77. The van der Waals surface area contributed by atoms with Crippen molar-refractivity contribution < 1.29 is 23.5 Å². The Kier molecular flexibility index (Phi) is 5.76. The topological polar surface area (TPSA) is 119 Å². The van der Waals surface area contributed by atoms with E-state index in [1.165, 1.54) is 28.8 Å². The van der Waals surface area contributed by atoms with E-state index in [1.54, 1.807) is 30.3 Å². The Bertz CT molecular complexity index is 1360. The van der Waals surface area contributed by atoms with Crippen LogP contribution >= 0.6 is 11.6 Å². The average molecular weight is 500 g/mol. The first-order valence-corrected chi connectivity index (χ1v) is 11.4. The monoisotopic (exact) mass is 499 g/mol. The highest BCUT2D eigenvalue weighted by Gasteiger charge is 2.56. The number of aromatic nitrogens is 1. The van der Waals surface area contributed by atoms with Gasteiger partial charge in [-0.05, 0) is 43.0 Å². The van der Waals surface area contributed by atoms with Crippen LogP contribution in [0, 0.1) is 11.7 Å². The lowest BCUT2D eigenvalue weighted by atomic mass is 10.1. The maximum absolute atomic E-state index is 14.2. The SMILES string of the molecule is COc1ccc2c(c1)c(NC(=O)N1C3C[C@@H]3C[C@H]1C(=O)NCc1cccc(Cl)c1F)cn2C(N)=O. The van der Waals surface area contributed by atoms with Crippen LogP contribution in [0.25, 0.3) is 10.9 Å². The molecule has 0 bridgehead atoms. The van der Waals surface area contributed by atoms with Gasteiger partial charge in [0.05, 0.1) is 23.3 Å². The molecule has 1 saturated carbocycles. The van der Waals surface area contributed by atoms with Gasteiger partial charge in [0.25, 0.3) is 0 Å². The zero-order chi connectivity index (χ0) is 24.9. The van der Waals surface area contributed by atoms with E-state index in [0.717, 1.165) is 6.42 Å². The number of benzene rings is 2. The number of urea groups is 1. The molecular weight excluding hydrogens is 477 g/mol. The molecule has 3 atom stereocenters. The zero-order valence-electron chi connectivity index (χ0n) is 18.8. The third-order valence-electron chi connectivity index (χ3n) is 6.62. The van der Waals surface area contributed by atoms with E-state index >= 15 is 0 Å². The number of rotatable bonds is 5. The van der Waals surface area contributed by atoms with Gasteiger partial charge in [-0.2, -0.15) is 0 Å². The molecule has 1 aliphatic heterocycles. The molecule has 4 N–H and O–H groups in total. The third kappa shape index (κ3) is 4.14. The molecule has 5 rings (SSSR count). The quantitative estimate of drug-likeness (QED) is 0.496. The van der Waals surface area contributed by atoms with Crippen LogP contribution in [0.2, 0.25) is 5.02 Å². The Morgan fingerprint density at radius 2 is 2.03 bits per heavy atom. The molecule has 0 spiro atoms. The highest BCUT2D eigenvalue weighted by atomic mass is 35.5. The van der Waals surface area contributed by atoms with Crippen molar-refractivity contribution >= 4 is 46.2 Å². The summed E-state index contributed by atoms with van der Waals surface area (Å²) in [6, 6.07) is 7.73. The number of nitrogens with two attached hydrogens (primary N) is 1. The second kappa shape index (κ2) is 8.77. The number of ether oxygens (including phenoxy) is 1. The van der Waals surface area contributed by atoms with Crippen LogP contribution < -0.4 is 21.1 Å². The first-order chi connectivity index (χ1) is 16.8. The summed E-state index contributed by atoms with van der Waals surface area (Å²) in [7, 11) is 1.51. The lowest BCUT2D eigenvalue weighted by Crippen LogP contribution is -2.49. The molecule has 182 valence electrons. The fourth-order valence-corrected chi connectivity index (χ4v) is 4.96. The minimum absolute atomic E-state index is 0.0216. The van der Waals surface area contributed by atoms with Crippen LogP contribution in [-0.2, 0) is 11.3 Å². The Hall–Kier alpha value is -3.79. The molecule has 1 unspecified atom stereocenters. The van der Waals surface area contributed by atoms with Gasteiger partial charge in [0, 0.05) is 29.7 Å². The molecule has 4 amide bonds. The number of piperidine rings is 1. The maximum Gasteiger partial charge on any atom is 0.323 e. The largest absolute Gasteiger partial charge is 0.497 e. The van der Waals surface area contributed by atoms with Gasteiger partial charge in [0.2, 0.25) is 5.91 Å². The summed E-state index contributed by atoms with van der Waals surface area (Å²) < 4.78 is 20.7. The number of nitrogens with zero attached hydrogens (tertiary/aromatic N) is 2. The Morgan fingerprint density at radius 3 is 2.77 bits per heavy atom. The van der Waals surface area contributed by atoms with Crippen LogP contribution in [0.5, 0.6) is 5.75 Å². The van der Waals surface area contributed by atoms with Crippen molar-refractivity contribution in [3.05, 3.63) is 59.0 Å². The predicted octanol–water partition coefficient (Wildman–Crippen LogP) is 3.68. The van der Waals surface area contributed by atoms with Gasteiger partial charge >= 0.3 is 12.1 Å². The normalized spacial score (nSPS) is 20.4. The number of nitrogens with one attached hydrogen (secondary N) is 2. The van der Waals surface area contributed by atoms with Crippen LogP contribution in [0.15, 0.2) is 42.6 Å². The number of amides is 4. The van der Waals surface area contributed by atoms with Crippen LogP contribution in [0.1, 0.15) is 18.4 Å². The van der Waals surface area contributed by atoms with Crippen LogP contribution in [-0.4, -0.2) is 46.6 Å². The second-order valence-electron chi connectivity index (χ2n) is 8.72. The van der Waals surface area contributed by atoms with E-state index in [4.69, 9.17) is 22.1 Å². The molecule has 2 fully saturated rings. The van der Waals surface area contributed by atoms with Gasteiger partial charge in [-0.15, -0.1) is 0 Å². The molecular formula is C24H23ClFN5O4. The minimum atomic E-state index is -0.699. The van der Waals surface area contributed by atoms with Crippen molar-refractivity contribution in [2.24, 2.45) is 11.7 Å². The highest BCUT2D eigenvalue weighted by Crippen LogP contribution is 2.48. The van der Waals surface area contributed by atoms with Gasteiger partial charge in [0.1, 0.15) is 17.6 Å². The van der Waals surface area contributed by atoms with E-state index < -0.39 is 23.9 Å². The van der Waals surface area contributed by atoms with Gasteiger partial charge in [-0.3, -0.25) is 9.36 Å².